The van der Waals surface area contributed by atoms with Crippen molar-refractivity contribution in [2.45, 2.75) is 51.1 Å². The Bertz CT molecular complexity index is 1170. The predicted octanol–water partition coefficient (Wildman–Crippen LogP) is 1.21. The monoisotopic (exact) mass is 557 g/mol. The van der Waals surface area contributed by atoms with Gasteiger partial charge in [-0.3, -0.25) is 19.4 Å². The number of benzene rings is 1. The molecule has 2 atom stereocenters. The number of nitrogens with two attached hydrogens (primary N) is 1. The molecule has 0 spiro atoms. The van der Waals surface area contributed by atoms with E-state index < -0.39 is 23.9 Å². The van der Waals surface area contributed by atoms with Crippen molar-refractivity contribution in [1.29, 1.82) is 0 Å². The quantitative estimate of drug-likeness (QED) is 0.106. The van der Waals surface area contributed by atoms with E-state index in [9.17, 15) is 24.3 Å². The Morgan fingerprint density at radius 1 is 1.26 bits per heavy atom. The number of aromatic amines is 1. The van der Waals surface area contributed by atoms with Crippen LogP contribution in [0.25, 0.3) is 0 Å². The molecule has 0 fully saturated rings. The molecule has 1 aliphatic heterocycles. The number of aromatic nitrogens is 2. The van der Waals surface area contributed by atoms with Crippen molar-refractivity contribution in [1.82, 2.24) is 15.3 Å². The maximum absolute atomic E-state index is 12.6. The molecule has 0 radical (unpaired) electrons. The first-order valence-corrected chi connectivity index (χ1v) is 12.2. The van der Waals surface area contributed by atoms with Crippen LogP contribution in [0.5, 0.6) is 0 Å². The number of carbonyl (C=O) groups excluding carboxylic acids is 2. The van der Waals surface area contributed by atoms with Crippen LogP contribution in [0.4, 0.5) is 23.1 Å². The first-order valence-electron chi connectivity index (χ1n) is 12.2. The first-order chi connectivity index (χ1) is 17.8. The number of aliphatic carboxylic acids is 1. The van der Waals surface area contributed by atoms with Gasteiger partial charge >= 0.3 is 49.7 Å². The Morgan fingerprint density at radius 2 is 2.00 bits per heavy atom. The molecule has 1 aromatic heterocycles. The third-order valence-electron chi connectivity index (χ3n) is 5.75. The summed E-state index contributed by atoms with van der Waals surface area (Å²) < 4.78 is 5.09. The molecule has 2 heterocycles. The van der Waals surface area contributed by atoms with E-state index in [0.717, 1.165) is 24.9 Å². The zero-order chi connectivity index (χ0) is 26.8. The number of hydrogen-bond donors (Lipinski definition) is 7. The predicted molar refractivity (Wildman–Crippen MR) is 147 cm³/mol. The van der Waals surface area contributed by atoms with Crippen LogP contribution in [0, 0.1) is 0 Å². The molecule has 204 valence electrons. The third kappa shape index (κ3) is 9.37. The number of nitrogens with one attached hydrogen (secondary N) is 5. The fourth-order valence-corrected chi connectivity index (χ4v) is 3.70. The van der Waals surface area contributed by atoms with Crippen molar-refractivity contribution >= 4 is 78.7 Å². The summed E-state index contributed by atoms with van der Waals surface area (Å²) in [6, 6.07) is 5.19. The number of ether oxygens (including phenoxy) is 1. The second-order valence-electron chi connectivity index (χ2n) is 8.69. The summed E-state index contributed by atoms with van der Waals surface area (Å²) in [5, 5.41) is 21.3. The smallest absolute Gasteiger partial charge is 1.00 e. The van der Waals surface area contributed by atoms with Crippen molar-refractivity contribution in [2.75, 3.05) is 41.4 Å². The van der Waals surface area contributed by atoms with Crippen molar-refractivity contribution in [2.24, 2.45) is 0 Å². The Kier molecular flexibility index (Phi) is 12.6. The molecule has 1 amide bonds. The minimum Gasteiger partial charge on any atom is -1.00 e. The van der Waals surface area contributed by atoms with E-state index in [4.69, 9.17) is 10.5 Å². The number of amides is 1. The fourth-order valence-electron chi connectivity index (χ4n) is 3.70. The number of nitrogens with zero attached hydrogens (tertiary/aromatic N) is 1. The summed E-state index contributed by atoms with van der Waals surface area (Å²) >= 11 is 0. The van der Waals surface area contributed by atoms with Crippen LogP contribution >= 0.6 is 0 Å². The summed E-state index contributed by atoms with van der Waals surface area (Å²) in [5.74, 6) is -1.83. The Labute approximate surface area is 252 Å². The SMILES string of the molecule is CCCCCOC(=O)CCC(NC(=O)c1ccc(NCC2CNc3nc(N)[nH]c(=O)c3N2)cc1)C(=O)O.[Ca+2].[H-].[H-]. The van der Waals surface area contributed by atoms with Crippen molar-refractivity contribution in [3.63, 3.8) is 0 Å². The molecule has 3 rings (SSSR count). The molecule has 13 nitrogen and oxygen atoms in total. The van der Waals surface area contributed by atoms with Crippen LogP contribution in [0.2, 0.25) is 0 Å². The molecule has 0 bridgehead atoms. The standard InChI is InChI=1S/C24H33N7O6.Ca.2H/c1-2-3-4-11-37-18(32)10-9-17(23(35)36)29-21(33)14-5-7-15(8-6-14)26-12-16-13-27-20-19(28-16)22(34)31-24(25)30-20;;;/h5-8,16-17,26,28H,2-4,9-13H2,1H3,(H,29,33)(H,35,36)(H4,25,27,30,31,34);;;/q;+2;2*-1. The van der Waals surface area contributed by atoms with Crippen molar-refractivity contribution in [3.8, 4) is 0 Å². The van der Waals surface area contributed by atoms with Crippen molar-refractivity contribution in [3.05, 3.63) is 40.2 Å². The zero-order valence-corrected chi connectivity index (χ0v) is 23.5. The van der Waals surface area contributed by atoms with Gasteiger partial charge < -0.3 is 39.7 Å². The first kappa shape index (κ1) is 31.2. The van der Waals surface area contributed by atoms with Crippen LogP contribution in [-0.2, 0) is 14.3 Å². The number of carboxylic acid groups (broad SMARTS) is 1. The zero-order valence-electron chi connectivity index (χ0n) is 23.3. The molecule has 2 unspecified atom stereocenters. The van der Waals surface area contributed by atoms with E-state index in [1.54, 1.807) is 24.3 Å². The average Bonchev–Trinajstić information content (AvgIpc) is 2.88. The summed E-state index contributed by atoms with van der Waals surface area (Å²) in [6.07, 6.45) is 2.55. The number of anilines is 4. The minimum absolute atomic E-state index is 0. The van der Waals surface area contributed by atoms with E-state index in [1.165, 1.54) is 0 Å². The van der Waals surface area contributed by atoms with E-state index in [0.29, 0.717) is 31.2 Å². The minimum atomic E-state index is -1.22. The van der Waals surface area contributed by atoms with E-state index in [2.05, 4.69) is 31.2 Å². The van der Waals surface area contributed by atoms with Gasteiger partial charge in [-0.15, -0.1) is 0 Å². The molecule has 1 aromatic carbocycles. The van der Waals surface area contributed by atoms with Gasteiger partial charge in [-0.1, -0.05) is 19.8 Å². The van der Waals surface area contributed by atoms with Gasteiger partial charge in [0, 0.05) is 30.8 Å². The van der Waals surface area contributed by atoms with Crippen LogP contribution in [0.1, 0.15) is 52.2 Å². The van der Waals surface area contributed by atoms with Crippen LogP contribution in [0.15, 0.2) is 29.1 Å². The van der Waals surface area contributed by atoms with Gasteiger partial charge in [-0.05, 0) is 37.1 Å². The fraction of sp³-hybridized carbons (Fsp3) is 0.458. The maximum Gasteiger partial charge on any atom is 2.00 e. The summed E-state index contributed by atoms with van der Waals surface area (Å²) in [6.45, 7) is 3.33. The molecule has 8 N–H and O–H groups in total. The summed E-state index contributed by atoms with van der Waals surface area (Å²) in [4.78, 5) is 54.5. The number of carbonyl (C=O) groups is 3. The van der Waals surface area contributed by atoms with E-state index in [1.807, 2.05) is 6.92 Å². The van der Waals surface area contributed by atoms with Gasteiger partial charge in [-0.2, -0.15) is 4.98 Å². The molecular formula is C24H35CaN7O6. The van der Waals surface area contributed by atoms with E-state index in [-0.39, 0.29) is 76.5 Å². The maximum atomic E-state index is 12.6. The number of fused-ring (bicyclic) bond motifs is 1. The van der Waals surface area contributed by atoms with Crippen LogP contribution in [0.3, 0.4) is 0 Å². The van der Waals surface area contributed by atoms with Gasteiger partial charge in [0.15, 0.2) is 5.82 Å². The molecule has 0 saturated carbocycles. The number of esters is 1. The number of nitrogen functional groups attached to an aromatic ring is 1. The van der Waals surface area contributed by atoms with Crippen LogP contribution in [-0.4, -0.2) is 102 Å². The summed E-state index contributed by atoms with van der Waals surface area (Å²) in [7, 11) is 0. The normalized spacial score (nSPS) is 14.5. The van der Waals surface area contributed by atoms with E-state index >= 15 is 0 Å². The molecular weight excluding hydrogens is 522 g/mol. The second-order valence-corrected chi connectivity index (χ2v) is 8.69. The Balaban J connectivity index is 0.00000507. The molecule has 38 heavy (non-hydrogen) atoms. The number of rotatable bonds is 13. The third-order valence-corrected chi connectivity index (χ3v) is 5.75. The Morgan fingerprint density at radius 3 is 2.68 bits per heavy atom. The molecule has 0 saturated heterocycles. The van der Waals surface area contributed by atoms with Crippen molar-refractivity contribution < 1.29 is 27.1 Å². The largest absolute Gasteiger partial charge is 2.00 e. The molecule has 0 aliphatic carbocycles. The molecule has 1 aliphatic rings. The topological polar surface area (TPSA) is 201 Å². The van der Waals surface area contributed by atoms with Gasteiger partial charge in [0.25, 0.3) is 11.5 Å². The number of H-pyrrole nitrogens is 1. The van der Waals surface area contributed by atoms with Crippen LogP contribution < -0.4 is 32.6 Å². The number of carboxylic acids is 1. The van der Waals surface area contributed by atoms with Gasteiger partial charge in [0.1, 0.15) is 11.7 Å². The van der Waals surface area contributed by atoms with Gasteiger partial charge in [0.2, 0.25) is 5.95 Å². The second kappa shape index (κ2) is 15.4. The Hall–Kier alpha value is -3.03. The molecule has 2 aromatic rings. The van der Waals surface area contributed by atoms with Gasteiger partial charge in [0.05, 0.1) is 12.6 Å². The number of hydrogen-bond acceptors (Lipinski definition) is 10. The molecule has 14 heteroatoms. The van der Waals surface area contributed by atoms with Gasteiger partial charge in [-0.25, -0.2) is 4.79 Å². The number of unbranched alkanes of at least 4 members (excludes halogenated alkanes) is 2. The average molecular weight is 558 g/mol. The summed E-state index contributed by atoms with van der Waals surface area (Å²) in [5.41, 5.74) is 6.52.